The van der Waals surface area contributed by atoms with Crippen molar-refractivity contribution in [3.8, 4) is 0 Å². The van der Waals surface area contributed by atoms with E-state index in [0.717, 1.165) is 36.3 Å². The summed E-state index contributed by atoms with van der Waals surface area (Å²) >= 11 is 7.00. The molecule has 0 N–H and O–H groups in total. The molecule has 2 atom stereocenters. The monoisotopic (exact) mass is 504 g/mol. The highest BCUT2D eigenvalue weighted by Crippen LogP contribution is 2.39. The van der Waals surface area contributed by atoms with Crippen LogP contribution in [0.4, 0.5) is 0 Å². The molecule has 0 radical (unpaired) electrons. The van der Waals surface area contributed by atoms with E-state index in [1.165, 1.54) is 33.4 Å². The Kier molecular flexibility index (Phi) is 7.96. The normalized spacial score (nSPS) is 19.5. The third-order valence-electron chi connectivity index (χ3n) is 5.81. The molecule has 0 amide bonds. The van der Waals surface area contributed by atoms with Gasteiger partial charge in [0.2, 0.25) is 0 Å². The lowest BCUT2D eigenvalue weighted by atomic mass is 10.0. The highest BCUT2D eigenvalue weighted by molar-refractivity contribution is 9.09. The zero-order valence-electron chi connectivity index (χ0n) is 17.1. The van der Waals surface area contributed by atoms with E-state index in [4.69, 9.17) is 4.74 Å². The van der Waals surface area contributed by atoms with E-state index in [1.807, 2.05) is 7.11 Å². The van der Waals surface area contributed by atoms with Gasteiger partial charge in [-0.05, 0) is 71.9 Å². The van der Waals surface area contributed by atoms with Crippen LogP contribution in [-0.2, 0) is 30.4 Å². The number of rotatable bonds is 5. The van der Waals surface area contributed by atoms with E-state index in [1.54, 1.807) is 5.56 Å². The van der Waals surface area contributed by atoms with Crippen molar-refractivity contribution in [2.75, 3.05) is 17.8 Å². The van der Waals surface area contributed by atoms with Crippen LogP contribution in [0.15, 0.2) is 42.0 Å². The van der Waals surface area contributed by atoms with E-state index in [9.17, 15) is 0 Å². The van der Waals surface area contributed by atoms with Gasteiger partial charge in [-0.2, -0.15) is 0 Å². The van der Waals surface area contributed by atoms with Gasteiger partial charge in [0, 0.05) is 17.8 Å². The van der Waals surface area contributed by atoms with Crippen molar-refractivity contribution in [1.29, 1.82) is 0 Å². The predicted octanol–water partition coefficient (Wildman–Crippen LogP) is 7.09. The van der Waals surface area contributed by atoms with Gasteiger partial charge < -0.3 is 4.74 Å². The number of allylic oxidation sites excluding steroid dienone is 1. The molecular formula is C25H30Br2O. The van der Waals surface area contributed by atoms with Crippen molar-refractivity contribution in [1.82, 2.24) is 0 Å². The van der Waals surface area contributed by atoms with Gasteiger partial charge >= 0.3 is 0 Å². The highest BCUT2D eigenvalue weighted by atomic mass is 79.9. The second-order valence-electron chi connectivity index (χ2n) is 7.85. The Hall–Kier alpha value is -0.900. The van der Waals surface area contributed by atoms with Crippen molar-refractivity contribution in [2.45, 2.75) is 45.6 Å². The highest BCUT2D eigenvalue weighted by Gasteiger charge is 2.30. The van der Waals surface area contributed by atoms with Gasteiger partial charge in [0.05, 0.1) is 6.10 Å². The summed E-state index contributed by atoms with van der Waals surface area (Å²) in [6.45, 7) is 4.48. The molecule has 2 aliphatic carbocycles. The van der Waals surface area contributed by atoms with E-state index in [0.29, 0.717) is 12.0 Å². The first-order chi connectivity index (χ1) is 13.6. The number of alkyl halides is 2. The largest absolute Gasteiger partial charge is 0.376 e. The minimum atomic E-state index is 0.301. The molecule has 0 aliphatic heterocycles. The zero-order chi connectivity index (χ0) is 20.1. The molecule has 2 aromatic carbocycles. The topological polar surface area (TPSA) is 9.23 Å². The molecule has 2 aromatic rings. The molecule has 28 heavy (non-hydrogen) atoms. The summed E-state index contributed by atoms with van der Waals surface area (Å²) in [5.41, 5.74) is 10.4. The van der Waals surface area contributed by atoms with Crippen molar-refractivity contribution < 1.29 is 4.74 Å². The Morgan fingerprint density at radius 2 is 1.61 bits per heavy atom. The lowest BCUT2D eigenvalue weighted by molar-refractivity contribution is 0.0695. The second-order valence-corrected chi connectivity index (χ2v) is 9.44. The standard InChI is InChI=1S/C13H17BrO.C12H13Br/c1-9-8-12-10(6-7-14)4-3-5-11(12)13(9)15-2;1-9-7-11-4-2-3-10(5-6-13)12(11)8-9/h3-5,9,13H,6-8H2,1-2H3;2-4,7H,5-6,8H2,1H3. The fourth-order valence-corrected chi connectivity index (χ4v) is 5.39. The number of methoxy groups -OCH3 is 1. The molecule has 1 nitrogen and oxygen atoms in total. The van der Waals surface area contributed by atoms with Crippen LogP contribution in [0.2, 0.25) is 0 Å². The lowest BCUT2D eigenvalue weighted by Crippen LogP contribution is -2.05. The third-order valence-corrected chi connectivity index (χ3v) is 6.60. The van der Waals surface area contributed by atoms with Crippen LogP contribution in [0.3, 0.4) is 0 Å². The summed E-state index contributed by atoms with van der Waals surface area (Å²) in [4.78, 5) is 0. The summed E-state index contributed by atoms with van der Waals surface area (Å²) in [7, 11) is 1.81. The summed E-state index contributed by atoms with van der Waals surface area (Å²) in [5, 5.41) is 2.10. The number of halogens is 2. The van der Waals surface area contributed by atoms with Gasteiger partial charge in [0.1, 0.15) is 0 Å². The average molecular weight is 506 g/mol. The van der Waals surface area contributed by atoms with Gasteiger partial charge in [-0.25, -0.2) is 0 Å². The van der Waals surface area contributed by atoms with Gasteiger partial charge in [-0.1, -0.05) is 86.8 Å². The molecular weight excluding hydrogens is 476 g/mol. The summed E-state index contributed by atoms with van der Waals surface area (Å²) < 4.78 is 5.57. The molecule has 4 rings (SSSR count). The third kappa shape index (κ3) is 4.80. The number of aryl methyl sites for hydroxylation is 2. The molecule has 0 spiro atoms. The second kappa shape index (κ2) is 10.2. The maximum absolute atomic E-state index is 5.57. The maximum atomic E-state index is 5.57. The first-order valence-electron chi connectivity index (χ1n) is 10.1. The van der Waals surface area contributed by atoms with Crippen LogP contribution in [0.25, 0.3) is 6.08 Å². The van der Waals surface area contributed by atoms with Crippen LogP contribution in [-0.4, -0.2) is 17.8 Å². The molecule has 0 fully saturated rings. The van der Waals surface area contributed by atoms with Crippen LogP contribution < -0.4 is 0 Å². The Morgan fingerprint density at radius 3 is 2.25 bits per heavy atom. The van der Waals surface area contributed by atoms with E-state index in [-0.39, 0.29) is 0 Å². The molecule has 3 heteroatoms. The van der Waals surface area contributed by atoms with Gasteiger partial charge in [0.15, 0.2) is 0 Å². The van der Waals surface area contributed by atoms with Crippen LogP contribution in [0.5, 0.6) is 0 Å². The molecule has 2 aliphatic rings. The van der Waals surface area contributed by atoms with Crippen LogP contribution in [0.1, 0.15) is 53.3 Å². The number of hydrogen-bond acceptors (Lipinski definition) is 1. The SMILES string of the molecule is CC1=Cc2cccc(CCBr)c2C1.COC1c2cccc(CCBr)c2CC1C. The Balaban J connectivity index is 0.000000162. The molecule has 150 valence electrons. The van der Waals surface area contributed by atoms with Crippen molar-refractivity contribution in [3.05, 3.63) is 75.4 Å². The van der Waals surface area contributed by atoms with Gasteiger partial charge in [0.25, 0.3) is 0 Å². The van der Waals surface area contributed by atoms with E-state index in [2.05, 4.69) is 88.2 Å². The van der Waals surface area contributed by atoms with Crippen LogP contribution >= 0.6 is 31.9 Å². The molecule has 2 unspecified atom stereocenters. The lowest BCUT2D eigenvalue weighted by Gasteiger charge is -2.14. The first-order valence-corrected chi connectivity index (χ1v) is 12.4. The summed E-state index contributed by atoms with van der Waals surface area (Å²) in [5.74, 6) is 0.612. The van der Waals surface area contributed by atoms with Crippen LogP contribution in [0, 0.1) is 5.92 Å². The summed E-state index contributed by atoms with van der Waals surface area (Å²) in [6.07, 6.45) is 7.18. The number of hydrogen-bond donors (Lipinski definition) is 0. The van der Waals surface area contributed by atoms with Gasteiger partial charge in [-0.15, -0.1) is 0 Å². The first kappa shape index (κ1) is 21.8. The predicted molar refractivity (Wildman–Crippen MR) is 128 cm³/mol. The fourth-order valence-electron chi connectivity index (χ4n) is 4.54. The smallest absolute Gasteiger partial charge is 0.0852 e. The number of benzene rings is 2. The fraction of sp³-hybridized carbons (Fsp3) is 0.440. The molecule has 0 aromatic heterocycles. The number of ether oxygens (including phenoxy) is 1. The molecule has 0 bridgehead atoms. The molecule has 0 saturated carbocycles. The average Bonchev–Trinajstić information content (AvgIpc) is 3.22. The van der Waals surface area contributed by atoms with Crippen molar-refractivity contribution >= 4 is 37.9 Å². The summed E-state index contributed by atoms with van der Waals surface area (Å²) in [6, 6.07) is 13.2. The Morgan fingerprint density at radius 1 is 0.964 bits per heavy atom. The minimum Gasteiger partial charge on any atom is -0.376 e. The zero-order valence-corrected chi connectivity index (χ0v) is 20.3. The number of fused-ring (bicyclic) bond motifs is 2. The molecule has 0 heterocycles. The van der Waals surface area contributed by atoms with Crippen molar-refractivity contribution in [3.63, 3.8) is 0 Å². The van der Waals surface area contributed by atoms with E-state index >= 15 is 0 Å². The van der Waals surface area contributed by atoms with E-state index < -0.39 is 0 Å². The van der Waals surface area contributed by atoms with Gasteiger partial charge in [-0.3, -0.25) is 0 Å². The maximum Gasteiger partial charge on any atom is 0.0852 e. The Bertz CT molecular complexity index is 840. The minimum absolute atomic E-state index is 0.301. The quantitative estimate of drug-likeness (QED) is 0.394. The molecule has 0 saturated heterocycles. The van der Waals surface area contributed by atoms with Crippen molar-refractivity contribution in [2.24, 2.45) is 5.92 Å². The Labute approximate surface area is 186 Å².